The van der Waals surface area contributed by atoms with E-state index in [0.29, 0.717) is 25.4 Å². The Hall–Kier alpha value is -2.11. The minimum Gasteiger partial charge on any atom is -0.409 e. The number of carbonyl (C=O) groups excluding carboxylic acids is 1. The molecule has 6 nitrogen and oxygen atoms in total. The largest absolute Gasteiger partial charge is 0.409 e. The first kappa shape index (κ1) is 14.3. The van der Waals surface area contributed by atoms with Gasteiger partial charge in [0.15, 0.2) is 0 Å². The Morgan fingerprint density at radius 1 is 1.65 bits per heavy atom. The molecule has 1 aromatic rings. The summed E-state index contributed by atoms with van der Waals surface area (Å²) in [6, 6.07) is 3.79. The van der Waals surface area contributed by atoms with E-state index in [9.17, 15) is 4.79 Å². The first-order valence-corrected chi connectivity index (χ1v) is 6.76. The number of amidine groups is 1. The Labute approximate surface area is 118 Å². The van der Waals surface area contributed by atoms with Crippen molar-refractivity contribution >= 4 is 11.7 Å². The second kappa shape index (κ2) is 6.36. The van der Waals surface area contributed by atoms with E-state index >= 15 is 0 Å². The Morgan fingerprint density at radius 3 is 2.95 bits per heavy atom. The monoisotopic (exact) mass is 276 g/mol. The fraction of sp³-hybridized carbons (Fsp3) is 0.500. The molecule has 1 heterocycles. The molecule has 1 aliphatic rings. The van der Waals surface area contributed by atoms with Crippen molar-refractivity contribution in [2.45, 2.75) is 26.3 Å². The molecule has 2 rings (SSSR count). The van der Waals surface area contributed by atoms with E-state index in [1.807, 2.05) is 12.1 Å². The number of carbonyl (C=O) groups is 1. The highest BCUT2D eigenvalue weighted by Gasteiger charge is 2.41. The molecule has 20 heavy (non-hydrogen) atoms. The molecule has 0 spiro atoms. The van der Waals surface area contributed by atoms with Gasteiger partial charge in [-0.1, -0.05) is 18.1 Å². The van der Waals surface area contributed by atoms with Gasteiger partial charge in [0, 0.05) is 37.8 Å². The predicted molar refractivity (Wildman–Crippen MR) is 75.0 cm³/mol. The Bertz CT molecular complexity index is 489. The van der Waals surface area contributed by atoms with E-state index in [2.05, 4.69) is 17.1 Å². The lowest BCUT2D eigenvalue weighted by molar-refractivity contribution is -0.133. The van der Waals surface area contributed by atoms with E-state index < -0.39 is 0 Å². The van der Waals surface area contributed by atoms with Crippen molar-refractivity contribution in [2.24, 2.45) is 22.7 Å². The van der Waals surface area contributed by atoms with Crippen molar-refractivity contribution < 1.29 is 10.0 Å². The normalized spacial score (nSPS) is 21.6. The van der Waals surface area contributed by atoms with Crippen LogP contribution in [0, 0.1) is 11.8 Å². The molecule has 0 aliphatic heterocycles. The molecule has 3 N–H and O–H groups in total. The third-order valence-corrected chi connectivity index (χ3v) is 3.60. The van der Waals surface area contributed by atoms with E-state index in [-0.39, 0.29) is 17.7 Å². The van der Waals surface area contributed by atoms with Gasteiger partial charge in [-0.05, 0) is 24.0 Å². The van der Waals surface area contributed by atoms with Gasteiger partial charge in [0.1, 0.15) is 5.84 Å². The van der Waals surface area contributed by atoms with Gasteiger partial charge in [0.2, 0.25) is 5.91 Å². The smallest absolute Gasteiger partial charge is 0.226 e. The first-order valence-electron chi connectivity index (χ1n) is 6.76. The molecule has 1 aliphatic carbocycles. The van der Waals surface area contributed by atoms with Crippen molar-refractivity contribution in [3.8, 4) is 0 Å². The van der Waals surface area contributed by atoms with E-state index in [0.717, 1.165) is 12.0 Å². The summed E-state index contributed by atoms with van der Waals surface area (Å²) >= 11 is 0. The molecule has 1 fully saturated rings. The van der Waals surface area contributed by atoms with E-state index in [1.54, 1.807) is 17.3 Å². The number of pyridine rings is 1. The second-order valence-electron chi connectivity index (χ2n) is 5.28. The highest BCUT2D eigenvalue weighted by Crippen LogP contribution is 2.39. The van der Waals surface area contributed by atoms with Crippen LogP contribution in [0.5, 0.6) is 0 Å². The number of aromatic nitrogens is 1. The lowest BCUT2D eigenvalue weighted by atomic mass is 10.2. The number of hydrogen-bond acceptors (Lipinski definition) is 4. The Morgan fingerprint density at radius 2 is 2.40 bits per heavy atom. The zero-order valence-corrected chi connectivity index (χ0v) is 11.6. The molecule has 0 bridgehead atoms. The molecule has 1 saturated carbocycles. The topological polar surface area (TPSA) is 91.8 Å². The lowest BCUT2D eigenvalue weighted by Gasteiger charge is -2.22. The zero-order valence-electron chi connectivity index (χ0n) is 11.6. The number of nitrogens with zero attached hydrogens (tertiary/aromatic N) is 3. The van der Waals surface area contributed by atoms with Crippen LogP contribution >= 0.6 is 0 Å². The third-order valence-electron chi connectivity index (χ3n) is 3.60. The van der Waals surface area contributed by atoms with Gasteiger partial charge >= 0.3 is 0 Å². The summed E-state index contributed by atoms with van der Waals surface area (Å²) in [5.74, 6) is 0.867. The van der Waals surface area contributed by atoms with Crippen molar-refractivity contribution in [2.75, 3.05) is 6.54 Å². The molecule has 1 amide bonds. The molecular weight excluding hydrogens is 256 g/mol. The Kier molecular flexibility index (Phi) is 4.55. The van der Waals surface area contributed by atoms with Gasteiger partial charge in [0.25, 0.3) is 0 Å². The van der Waals surface area contributed by atoms with Gasteiger partial charge in [0.05, 0.1) is 0 Å². The molecule has 2 atom stereocenters. The fourth-order valence-electron chi connectivity index (χ4n) is 2.18. The average molecular weight is 276 g/mol. The molecular formula is C14H20N4O2. The van der Waals surface area contributed by atoms with Crippen LogP contribution in [0.3, 0.4) is 0 Å². The minimum absolute atomic E-state index is 0.124. The molecule has 108 valence electrons. The maximum atomic E-state index is 12.4. The standard InChI is InChI=1S/C14H20N4O2/c1-10-7-12(10)14(19)18(6-4-13(15)17-20)9-11-3-2-5-16-8-11/h2-3,5,8,10,12,20H,4,6-7,9H2,1H3,(H2,15,17). The van der Waals surface area contributed by atoms with Crippen LogP contribution in [0.2, 0.25) is 0 Å². The van der Waals surface area contributed by atoms with Crippen molar-refractivity contribution in [1.29, 1.82) is 0 Å². The summed E-state index contributed by atoms with van der Waals surface area (Å²) in [5.41, 5.74) is 6.46. The maximum absolute atomic E-state index is 12.4. The highest BCUT2D eigenvalue weighted by molar-refractivity contribution is 5.83. The predicted octanol–water partition coefficient (Wildman–Crippen LogP) is 1.20. The molecule has 1 aromatic heterocycles. The summed E-state index contributed by atoms with van der Waals surface area (Å²) < 4.78 is 0. The SMILES string of the molecule is CC1CC1C(=O)N(CC/C(N)=N/O)Cc1cccnc1. The number of nitrogens with two attached hydrogens (primary N) is 1. The van der Waals surface area contributed by atoms with Crippen LogP contribution in [0.15, 0.2) is 29.7 Å². The van der Waals surface area contributed by atoms with Crippen molar-refractivity contribution in [3.63, 3.8) is 0 Å². The Balaban J connectivity index is 2.01. The first-order chi connectivity index (χ1) is 9.61. The van der Waals surface area contributed by atoms with Gasteiger partial charge in [-0.15, -0.1) is 0 Å². The van der Waals surface area contributed by atoms with Crippen LogP contribution in [0.1, 0.15) is 25.3 Å². The molecule has 2 unspecified atom stereocenters. The summed E-state index contributed by atoms with van der Waals surface area (Å²) in [5, 5.41) is 11.5. The van der Waals surface area contributed by atoms with Crippen molar-refractivity contribution in [1.82, 2.24) is 9.88 Å². The summed E-state index contributed by atoms with van der Waals surface area (Å²) in [7, 11) is 0. The quantitative estimate of drug-likeness (QED) is 0.353. The van der Waals surface area contributed by atoms with Gasteiger partial charge < -0.3 is 15.8 Å². The van der Waals surface area contributed by atoms with Crippen molar-refractivity contribution in [3.05, 3.63) is 30.1 Å². The van der Waals surface area contributed by atoms with Crippen LogP contribution in [-0.4, -0.2) is 33.4 Å². The summed E-state index contributed by atoms with van der Waals surface area (Å²) in [6.07, 6.45) is 4.77. The fourth-order valence-corrected chi connectivity index (χ4v) is 2.18. The highest BCUT2D eigenvalue weighted by atomic mass is 16.4. The second-order valence-corrected chi connectivity index (χ2v) is 5.28. The van der Waals surface area contributed by atoms with Crippen LogP contribution in [-0.2, 0) is 11.3 Å². The molecule has 0 saturated heterocycles. The van der Waals surface area contributed by atoms with Gasteiger partial charge in [-0.2, -0.15) is 0 Å². The summed E-state index contributed by atoms with van der Waals surface area (Å²) in [6.45, 7) is 3.04. The van der Waals surface area contributed by atoms with Gasteiger partial charge in [-0.25, -0.2) is 0 Å². The summed E-state index contributed by atoms with van der Waals surface area (Å²) in [4.78, 5) is 18.2. The lowest BCUT2D eigenvalue weighted by Crippen LogP contribution is -2.35. The molecule has 0 radical (unpaired) electrons. The van der Waals surface area contributed by atoms with E-state index in [4.69, 9.17) is 10.9 Å². The van der Waals surface area contributed by atoms with Crippen LogP contribution < -0.4 is 5.73 Å². The number of amides is 1. The molecule has 6 heteroatoms. The zero-order chi connectivity index (χ0) is 14.5. The van der Waals surface area contributed by atoms with Gasteiger partial charge in [-0.3, -0.25) is 9.78 Å². The number of oxime groups is 1. The number of rotatable bonds is 6. The number of hydrogen-bond donors (Lipinski definition) is 2. The average Bonchev–Trinajstić information content (AvgIpc) is 3.20. The maximum Gasteiger partial charge on any atom is 0.226 e. The van der Waals surface area contributed by atoms with Crippen LogP contribution in [0.25, 0.3) is 0 Å². The third kappa shape index (κ3) is 3.69. The minimum atomic E-state index is 0.124. The van der Waals surface area contributed by atoms with E-state index in [1.165, 1.54) is 0 Å². The molecule has 0 aromatic carbocycles. The van der Waals surface area contributed by atoms with Crippen LogP contribution in [0.4, 0.5) is 0 Å².